The van der Waals surface area contributed by atoms with Gasteiger partial charge in [0.15, 0.2) is 0 Å². The van der Waals surface area contributed by atoms with E-state index in [-0.39, 0.29) is 11.3 Å². The Morgan fingerprint density at radius 2 is 0.933 bits per heavy atom. The Kier molecular flexibility index (Phi) is 5.15. The van der Waals surface area contributed by atoms with Crippen LogP contribution in [-0.4, -0.2) is 0 Å². The highest BCUT2D eigenvalue weighted by Gasteiger charge is 2.21. The van der Waals surface area contributed by atoms with Crippen LogP contribution in [-0.2, 0) is 0 Å². The van der Waals surface area contributed by atoms with Gasteiger partial charge in [-0.3, -0.25) is 0 Å². The summed E-state index contributed by atoms with van der Waals surface area (Å²) in [6, 6.07) is 30.9. The van der Waals surface area contributed by atoms with E-state index < -0.39 is 124 Å². The van der Waals surface area contributed by atoms with Gasteiger partial charge in [0.1, 0.15) is 11.2 Å². The summed E-state index contributed by atoms with van der Waals surface area (Å²) in [5, 5.41) is 6.26. The van der Waals surface area contributed by atoms with Gasteiger partial charge in [-0.25, -0.2) is 0 Å². The molecule has 0 aliphatic carbocycles. The number of rotatable bonds is 6. The SMILES string of the molecule is [2H]c1c([2H])c(N(c2ccccc2-c2cccc3c2oc2c4ccccc4ccc32)c2c([2H])c([2H])c(-c3c([2H])c([2H])c([2H])c4c([2H])c([2H])c([2H])c([2H])c34)c([2H])c2[2H])c([2H])c([2H])c1-c1ccc2c(ccc3ccccc32)c1. The fourth-order valence-corrected chi connectivity index (χ4v) is 8.26. The number of hydrogen-bond donors (Lipinski definition) is 0. The molecular formula is C58H37NO. The molecular weight excluding hydrogens is 727 g/mol. The number of anilines is 3. The lowest BCUT2D eigenvalue weighted by atomic mass is 9.96. The van der Waals surface area contributed by atoms with Gasteiger partial charge in [0, 0.05) is 38.7 Å². The quantitative estimate of drug-likeness (QED) is 0.156. The number of benzene rings is 11. The first-order chi connectivity index (χ1) is 36.0. The van der Waals surface area contributed by atoms with Crippen LogP contribution >= 0.6 is 0 Å². The molecule has 0 unspecified atom stereocenters. The molecule has 11 aromatic carbocycles. The van der Waals surface area contributed by atoms with E-state index in [1.54, 1.807) is 42.5 Å². The van der Waals surface area contributed by atoms with Crippen LogP contribution in [0.2, 0.25) is 0 Å². The summed E-state index contributed by atoms with van der Waals surface area (Å²) in [4.78, 5) is 1.18. The fourth-order valence-electron chi connectivity index (χ4n) is 8.26. The van der Waals surface area contributed by atoms with Crippen molar-refractivity contribution in [3.05, 3.63) is 224 Å². The summed E-state index contributed by atoms with van der Waals surface area (Å²) in [6.07, 6.45) is 0. The molecule has 0 atom stereocenters. The Morgan fingerprint density at radius 1 is 0.333 bits per heavy atom. The van der Waals surface area contributed by atoms with Crippen molar-refractivity contribution in [2.24, 2.45) is 0 Å². The smallest absolute Gasteiger partial charge is 0.143 e. The molecule has 0 fully saturated rings. The second kappa shape index (κ2) is 13.9. The highest BCUT2D eigenvalue weighted by Crippen LogP contribution is 2.46. The molecule has 1 aromatic heterocycles. The summed E-state index contributed by atoms with van der Waals surface area (Å²) < 4.78 is 146. The van der Waals surface area contributed by atoms with Crippen molar-refractivity contribution in [3.8, 4) is 33.4 Å². The van der Waals surface area contributed by atoms with Gasteiger partial charge in [-0.1, -0.05) is 182 Å². The average molecular weight is 779 g/mol. The normalized spacial score (nSPS) is 15.2. The maximum atomic E-state index is 9.85. The number of fused-ring (bicyclic) bond motifs is 9. The van der Waals surface area contributed by atoms with Crippen molar-refractivity contribution in [3.63, 3.8) is 0 Å². The zero-order valence-electron chi connectivity index (χ0n) is 46.6. The lowest BCUT2D eigenvalue weighted by Gasteiger charge is -2.28. The Bertz CT molecular complexity index is 4450. The third-order valence-electron chi connectivity index (χ3n) is 11.1. The molecule has 0 radical (unpaired) electrons. The Morgan fingerprint density at radius 3 is 1.78 bits per heavy atom. The van der Waals surface area contributed by atoms with Crippen LogP contribution in [0.15, 0.2) is 229 Å². The molecule has 2 nitrogen and oxygen atoms in total. The summed E-state index contributed by atoms with van der Waals surface area (Å²) >= 11 is 0. The van der Waals surface area contributed by atoms with E-state index in [4.69, 9.17) is 14.0 Å². The number of furan rings is 1. The van der Waals surface area contributed by atoms with Gasteiger partial charge in [-0.15, -0.1) is 0 Å². The van der Waals surface area contributed by atoms with Gasteiger partial charge in [0.25, 0.3) is 0 Å². The minimum absolute atomic E-state index is 0.0188. The summed E-state index contributed by atoms with van der Waals surface area (Å²) in [5.74, 6) is 0. The fraction of sp³-hybridized carbons (Fsp3) is 0. The first kappa shape index (κ1) is 22.3. The van der Waals surface area contributed by atoms with Gasteiger partial charge >= 0.3 is 0 Å². The lowest BCUT2D eigenvalue weighted by molar-refractivity contribution is 0.674. The van der Waals surface area contributed by atoms with E-state index in [0.717, 1.165) is 43.1 Å². The minimum Gasteiger partial charge on any atom is -0.455 e. The van der Waals surface area contributed by atoms with Crippen LogP contribution < -0.4 is 4.90 Å². The molecule has 12 rings (SSSR count). The standard InChI is InChI=1S/C58H37NO/c1-4-15-47-39(11-1)14-9-19-49(47)42-27-33-46(34-28-42)59(45-31-25-38(26-32-45)43-30-35-50-44(37-43)24-23-40-12-2-5-16-48(40)50)56-22-8-7-18-52(56)53-20-10-21-54-55-36-29-41-13-3-6-17-51(41)57(55)60-58(53)54/h1-37H/i1D,4D,9D,11D,14D,15D,19D,25D,26D,27D,28D,31D,32D,33D,34D. The molecule has 0 amide bonds. The summed E-state index contributed by atoms with van der Waals surface area (Å²) in [7, 11) is 0. The highest BCUT2D eigenvalue weighted by atomic mass is 16.3. The summed E-state index contributed by atoms with van der Waals surface area (Å²) in [5.41, 5.74) is 0.416. The van der Waals surface area contributed by atoms with Crippen molar-refractivity contribution in [1.29, 1.82) is 0 Å². The van der Waals surface area contributed by atoms with E-state index in [0.29, 0.717) is 27.9 Å². The van der Waals surface area contributed by atoms with Crippen molar-refractivity contribution in [2.75, 3.05) is 4.90 Å². The highest BCUT2D eigenvalue weighted by molar-refractivity contribution is 6.18. The van der Waals surface area contributed by atoms with Crippen LogP contribution in [0.3, 0.4) is 0 Å². The molecule has 0 saturated heterocycles. The molecule has 0 aliphatic rings. The first-order valence-corrected chi connectivity index (χ1v) is 19.4. The molecule has 0 aliphatic heterocycles. The predicted octanol–water partition coefficient (Wildman–Crippen LogP) is 16.7. The van der Waals surface area contributed by atoms with Crippen LogP contribution in [0.1, 0.15) is 20.6 Å². The van der Waals surface area contributed by atoms with Gasteiger partial charge in [-0.05, 0) is 102 Å². The van der Waals surface area contributed by atoms with Crippen LogP contribution in [0.5, 0.6) is 0 Å². The molecule has 1 heterocycles. The maximum Gasteiger partial charge on any atom is 0.143 e. The predicted molar refractivity (Wildman–Crippen MR) is 255 cm³/mol. The zero-order chi connectivity index (χ0) is 52.6. The zero-order valence-corrected chi connectivity index (χ0v) is 31.6. The molecule has 0 N–H and O–H groups in total. The van der Waals surface area contributed by atoms with Gasteiger partial charge in [0.05, 0.1) is 26.2 Å². The molecule has 0 bridgehead atoms. The summed E-state index contributed by atoms with van der Waals surface area (Å²) in [6.45, 7) is 0. The first-order valence-electron chi connectivity index (χ1n) is 26.9. The largest absolute Gasteiger partial charge is 0.455 e. The molecule has 0 saturated carbocycles. The van der Waals surface area contributed by atoms with Crippen molar-refractivity contribution in [2.45, 2.75) is 0 Å². The van der Waals surface area contributed by atoms with Crippen LogP contribution in [0.25, 0.3) is 98.4 Å². The average Bonchev–Trinajstić information content (AvgIpc) is 3.82. The Balaban J connectivity index is 1.16. The van der Waals surface area contributed by atoms with E-state index in [1.165, 1.54) is 4.90 Å². The van der Waals surface area contributed by atoms with Crippen molar-refractivity contribution >= 4 is 82.1 Å². The van der Waals surface area contributed by atoms with E-state index in [2.05, 4.69) is 0 Å². The lowest BCUT2D eigenvalue weighted by Crippen LogP contribution is -2.11. The molecule has 0 spiro atoms. The number of nitrogens with zero attached hydrogens (tertiary/aromatic N) is 1. The number of hydrogen-bond acceptors (Lipinski definition) is 2. The van der Waals surface area contributed by atoms with Crippen molar-refractivity contribution < 1.29 is 25.0 Å². The van der Waals surface area contributed by atoms with E-state index >= 15 is 0 Å². The van der Waals surface area contributed by atoms with E-state index in [1.807, 2.05) is 91.0 Å². The Labute approximate surface area is 368 Å². The second-order valence-electron chi connectivity index (χ2n) is 14.5. The Hall–Kier alpha value is -7.94. The molecule has 2 heteroatoms. The maximum absolute atomic E-state index is 9.85. The van der Waals surface area contributed by atoms with Gasteiger partial charge in [0.2, 0.25) is 0 Å². The topological polar surface area (TPSA) is 16.4 Å². The molecule has 280 valence electrons. The molecule has 12 aromatic rings. The van der Waals surface area contributed by atoms with Crippen LogP contribution in [0.4, 0.5) is 17.1 Å². The van der Waals surface area contributed by atoms with Gasteiger partial charge in [-0.2, -0.15) is 0 Å². The van der Waals surface area contributed by atoms with Crippen molar-refractivity contribution in [1.82, 2.24) is 0 Å². The third-order valence-corrected chi connectivity index (χ3v) is 11.1. The van der Waals surface area contributed by atoms with Crippen LogP contribution in [0, 0.1) is 0 Å². The third kappa shape index (κ3) is 5.57. The molecule has 60 heavy (non-hydrogen) atoms. The van der Waals surface area contributed by atoms with Gasteiger partial charge < -0.3 is 9.32 Å². The monoisotopic (exact) mass is 778 g/mol. The minimum atomic E-state index is -0.811. The number of para-hydroxylation sites is 2. The second-order valence-corrected chi connectivity index (χ2v) is 14.5. The van der Waals surface area contributed by atoms with E-state index in [9.17, 15) is 11.0 Å².